The normalized spacial score (nSPS) is 17.7. The van der Waals surface area contributed by atoms with E-state index in [0.717, 1.165) is 42.6 Å². The maximum atomic E-state index is 13.7. The van der Waals surface area contributed by atoms with E-state index in [0.29, 0.717) is 17.1 Å². The molecule has 9 heteroatoms. The molecule has 2 aliphatic rings. The van der Waals surface area contributed by atoms with Crippen LogP contribution in [0.25, 0.3) is 6.08 Å². The van der Waals surface area contributed by atoms with E-state index in [1.807, 2.05) is 0 Å². The first kappa shape index (κ1) is 21.4. The molecule has 32 heavy (non-hydrogen) atoms. The number of benzene rings is 2. The molecule has 2 aliphatic heterocycles. The van der Waals surface area contributed by atoms with Crippen molar-refractivity contribution >= 4 is 35.3 Å². The van der Waals surface area contributed by atoms with E-state index in [9.17, 15) is 18.8 Å². The average Bonchev–Trinajstić information content (AvgIpc) is 3.30. The molecule has 0 aliphatic carbocycles. The number of nitrogens with zero attached hydrogens (tertiary/aromatic N) is 2. The van der Waals surface area contributed by atoms with Crippen LogP contribution in [0.5, 0.6) is 11.5 Å². The van der Waals surface area contributed by atoms with Crippen LogP contribution < -0.4 is 24.6 Å². The van der Waals surface area contributed by atoms with Crippen LogP contribution in [-0.2, 0) is 9.59 Å². The summed E-state index contributed by atoms with van der Waals surface area (Å²) < 4.78 is 24.7. The molecule has 0 unspecified atom stereocenters. The molecule has 0 atom stereocenters. The van der Waals surface area contributed by atoms with Crippen LogP contribution >= 0.6 is 0 Å². The second-order valence-electron chi connectivity index (χ2n) is 7.40. The van der Waals surface area contributed by atoms with Crippen molar-refractivity contribution in [3.63, 3.8) is 0 Å². The molecule has 2 heterocycles. The Hall–Kier alpha value is -3.88. The molecule has 0 saturated carbocycles. The van der Waals surface area contributed by atoms with Gasteiger partial charge in [0.05, 0.1) is 25.6 Å². The fraction of sp³-hybridized carbons (Fsp3) is 0.261. The molecular formula is C23H22FN3O5. The molecule has 0 bridgehead atoms. The number of anilines is 2. The van der Waals surface area contributed by atoms with Crippen molar-refractivity contribution in [1.82, 2.24) is 5.32 Å². The Labute approximate surface area is 184 Å². The third kappa shape index (κ3) is 3.89. The zero-order valence-corrected chi connectivity index (χ0v) is 17.7. The highest BCUT2D eigenvalue weighted by molar-refractivity contribution is 6.39. The van der Waals surface area contributed by atoms with Crippen LogP contribution in [0.1, 0.15) is 18.4 Å². The molecule has 4 amide bonds. The second-order valence-corrected chi connectivity index (χ2v) is 7.40. The van der Waals surface area contributed by atoms with Gasteiger partial charge in [-0.15, -0.1) is 0 Å². The van der Waals surface area contributed by atoms with E-state index in [1.54, 1.807) is 19.2 Å². The Morgan fingerprint density at radius 3 is 2.38 bits per heavy atom. The summed E-state index contributed by atoms with van der Waals surface area (Å²) in [5.41, 5.74) is 1.02. The molecular weight excluding hydrogens is 417 g/mol. The molecule has 2 aromatic carbocycles. The molecule has 8 nitrogen and oxygen atoms in total. The summed E-state index contributed by atoms with van der Waals surface area (Å²) in [4.78, 5) is 40.8. The average molecular weight is 439 g/mol. The third-order valence-electron chi connectivity index (χ3n) is 5.45. The zero-order valence-electron chi connectivity index (χ0n) is 17.7. The Morgan fingerprint density at radius 1 is 1.00 bits per heavy atom. The predicted octanol–water partition coefficient (Wildman–Crippen LogP) is 3.11. The molecule has 1 N–H and O–H groups in total. The van der Waals surface area contributed by atoms with Gasteiger partial charge in [0.1, 0.15) is 22.9 Å². The van der Waals surface area contributed by atoms with E-state index in [-0.39, 0.29) is 11.3 Å². The standard InChI is InChI=1S/C23H22FN3O5/c1-31-19-13-18(26-8-3-4-9-26)20(32-2)11-14(19)10-17-21(28)25-23(30)27(22(17)29)16-7-5-6-15(24)12-16/h5-7,10-13H,3-4,8-9H2,1-2H3,(H,25,28,30)/b17-10+. The summed E-state index contributed by atoms with van der Waals surface area (Å²) in [7, 11) is 3.03. The van der Waals surface area contributed by atoms with E-state index in [4.69, 9.17) is 9.47 Å². The number of hydrogen-bond donors (Lipinski definition) is 1. The highest BCUT2D eigenvalue weighted by Crippen LogP contribution is 2.38. The summed E-state index contributed by atoms with van der Waals surface area (Å²) in [6.45, 7) is 1.79. The molecule has 0 aromatic heterocycles. The van der Waals surface area contributed by atoms with Crippen molar-refractivity contribution in [1.29, 1.82) is 0 Å². The molecule has 4 rings (SSSR count). The van der Waals surface area contributed by atoms with Gasteiger partial charge < -0.3 is 14.4 Å². The Morgan fingerprint density at radius 2 is 1.72 bits per heavy atom. The Kier molecular flexibility index (Phi) is 5.81. The van der Waals surface area contributed by atoms with Gasteiger partial charge in [-0.25, -0.2) is 14.1 Å². The van der Waals surface area contributed by atoms with Crippen LogP contribution in [0.4, 0.5) is 20.6 Å². The van der Waals surface area contributed by atoms with Gasteiger partial charge in [0.2, 0.25) is 0 Å². The summed E-state index contributed by atoms with van der Waals surface area (Å²) in [5, 5.41) is 2.13. The number of methoxy groups -OCH3 is 2. The predicted molar refractivity (Wildman–Crippen MR) is 116 cm³/mol. The Bertz CT molecular complexity index is 1120. The number of amides is 4. The second kappa shape index (κ2) is 8.70. The number of nitrogens with one attached hydrogen (secondary N) is 1. The van der Waals surface area contributed by atoms with Crippen LogP contribution in [0.3, 0.4) is 0 Å². The monoisotopic (exact) mass is 439 g/mol. The van der Waals surface area contributed by atoms with Crippen molar-refractivity contribution in [2.24, 2.45) is 0 Å². The van der Waals surface area contributed by atoms with Crippen molar-refractivity contribution in [2.45, 2.75) is 12.8 Å². The molecule has 0 radical (unpaired) electrons. The minimum absolute atomic E-state index is 0.0137. The van der Waals surface area contributed by atoms with Gasteiger partial charge in [0.25, 0.3) is 11.8 Å². The minimum atomic E-state index is -0.948. The van der Waals surface area contributed by atoms with Gasteiger partial charge in [-0.3, -0.25) is 14.9 Å². The number of urea groups is 1. The van der Waals surface area contributed by atoms with Gasteiger partial charge in [0.15, 0.2) is 0 Å². The SMILES string of the molecule is COc1cc(N2CCCC2)c(OC)cc1/C=C1\C(=O)NC(=O)N(c2cccc(F)c2)C1=O. The highest BCUT2D eigenvalue weighted by Gasteiger charge is 2.37. The first-order valence-corrected chi connectivity index (χ1v) is 10.1. The van der Waals surface area contributed by atoms with E-state index in [1.165, 1.54) is 31.4 Å². The number of barbiturate groups is 1. The van der Waals surface area contributed by atoms with Gasteiger partial charge in [-0.2, -0.15) is 0 Å². The molecule has 2 fully saturated rings. The summed E-state index contributed by atoms with van der Waals surface area (Å²) in [5.74, 6) is -1.32. The first-order valence-electron chi connectivity index (χ1n) is 10.1. The summed E-state index contributed by atoms with van der Waals surface area (Å²) in [6.07, 6.45) is 3.50. The zero-order chi connectivity index (χ0) is 22.8. The van der Waals surface area contributed by atoms with Crippen molar-refractivity contribution in [3.05, 3.63) is 53.4 Å². The molecule has 2 saturated heterocycles. The van der Waals surface area contributed by atoms with E-state index < -0.39 is 23.7 Å². The lowest BCUT2D eigenvalue weighted by Gasteiger charge is -2.26. The fourth-order valence-electron chi connectivity index (χ4n) is 3.89. The minimum Gasteiger partial charge on any atom is -0.496 e. The molecule has 166 valence electrons. The Balaban J connectivity index is 1.76. The largest absolute Gasteiger partial charge is 0.496 e. The van der Waals surface area contributed by atoms with Gasteiger partial charge >= 0.3 is 6.03 Å². The van der Waals surface area contributed by atoms with E-state index >= 15 is 0 Å². The van der Waals surface area contributed by atoms with E-state index in [2.05, 4.69) is 10.2 Å². The number of rotatable bonds is 5. The fourth-order valence-corrected chi connectivity index (χ4v) is 3.89. The van der Waals surface area contributed by atoms with Gasteiger partial charge in [-0.1, -0.05) is 6.07 Å². The van der Waals surface area contributed by atoms with Crippen LogP contribution in [0.15, 0.2) is 42.0 Å². The maximum Gasteiger partial charge on any atom is 0.335 e. The molecule has 0 spiro atoms. The topological polar surface area (TPSA) is 88.2 Å². The summed E-state index contributed by atoms with van der Waals surface area (Å²) >= 11 is 0. The van der Waals surface area contributed by atoms with Crippen LogP contribution in [-0.4, -0.2) is 45.2 Å². The van der Waals surface area contributed by atoms with Gasteiger partial charge in [0, 0.05) is 24.7 Å². The van der Waals surface area contributed by atoms with Gasteiger partial charge in [-0.05, 0) is 43.2 Å². The van der Waals surface area contributed by atoms with Crippen molar-refractivity contribution < 1.29 is 28.2 Å². The van der Waals surface area contributed by atoms with Crippen LogP contribution in [0.2, 0.25) is 0 Å². The lowest BCUT2D eigenvalue weighted by atomic mass is 10.0. The quantitative estimate of drug-likeness (QED) is 0.569. The number of carbonyl (C=O) groups excluding carboxylic acids is 3. The number of halogens is 1. The van der Waals surface area contributed by atoms with Crippen molar-refractivity contribution in [2.75, 3.05) is 37.1 Å². The smallest absolute Gasteiger partial charge is 0.335 e. The van der Waals surface area contributed by atoms with Crippen LogP contribution in [0, 0.1) is 5.82 Å². The van der Waals surface area contributed by atoms with Crippen molar-refractivity contribution in [3.8, 4) is 11.5 Å². The third-order valence-corrected chi connectivity index (χ3v) is 5.45. The highest BCUT2D eigenvalue weighted by atomic mass is 19.1. The number of carbonyl (C=O) groups is 3. The maximum absolute atomic E-state index is 13.7. The lowest BCUT2D eigenvalue weighted by molar-refractivity contribution is -0.122. The summed E-state index contributed by atoms with van der Waals surface area (Å²) in [6, 6.07) is 7.55. The number of ether oxygens (including phenoxy) is 2. The molecule has 2 aromatic rings. The number of hydrogen-bond acceptors (Lipinski definition) is 6. The first-order chi connectivity index (χ1) is 15.4. The number of imide groups is 2. The lowest BCUT2D eigenvalue weighted by Crippen LogP contribution is -2.54.